The lowest BCUT2D eigenvalue weighted by atomic mass is 10.1. The van der Waals surface area contributed by atoms with Crippen molar-refractivity contribution in [1.82, 2.24) is 20.3 Å². The Morgan fingerprint density at radius 1 is 0.962 bits per heavy atom. The van der Waals surface area contributed by atoms with Crippen LogP contribution in [0.25, 0.3) is 0 Å². The van der Waals surface area contributed by atoms with E-state index in [0.29, 0.717) is 18.2 Å². The van der Waals surface area contributed by atoms with Gasteiger partial charge in [-0.05, 0) is 67.8 Å². The van der Waals surface area contributed by atoms with Crippen molar-refractivity contribution in [2.45, 2.75) is 27.3 Å². The number of aromatic nitrogens is 3. The highest BCUT2D eigenvalue weighted by Crippen LogP contribution is 2.18. The van der Waals surface area contributed by atoms with Gasteiger partial charge in [-0.3, -0.25) is 9.78 Å². The molecule has 0 aliphatic carbocycles. The van der Waals surface area contributed by atoms with Crippen LogP contribution in [0.15, 0.2) is 48.8 Å². The second kappa shape index (κ2) is 7.74. The molecular weight excluding hydrogens is 326 g/mol. The molecule has 2 N–H and O–H groups in total. The summed E-state index contributed by atoms with van der Waals surface area (Å²) in [5.41, 5.74) is 5.23. The molecule has 1 amide bonds. The number of nitrogens with one attached hydrogen (secondary N) is 2. The minimum absolute atomic E-state index is 0.240. The van der Waals surface area contributed by atoms with Crippen LogP contribution in [0.2, 0.25) is 0 Å². The van der Waals surface area contributed by atoms with Crippen LogP contribution in [0, 0.1) is 20.8 Å². The van der Waals surface area contributed by atoms with E-state index < -0.39 is 0 Å². The van der Waals surface area contributed by atoms with Crippen molar-refractivity contribution < 1.29 is 4.79 Å². The van der Waals surface area contributed by atoms with Gasteiger partial charge in [-0.25, -0.2) is 9.97 Å². The van der Waals surface area contributed by atoms with Crippen molar-refractivity contribution in [2.24, 2.45) is 0 Å². The zero-order valence-corrected chi connectivity index (χ0v) is 15.1. The average molecular weight is 347 g/mol. The van der Waals surface area contributed by atoms with Gasteiger partial charge in [0.05, 0.1) is 0 Å². The quantitative estimate of drug-likeness (QED) is 0.739. The number of carbonyl (C=O) groups is 1. The SMILES string of the molecule is Cc1cc(C)cc(Nc2nc(C)cc(C(=O)NCc3ccncc3)n2)c1. The van der Waals surface area contributed by atoms with E-state index >= 15 is 0 Å². The molecule has 6 heteroatoms. The molecule has 0 spiro atoms. The summed E-state index contributed by atoms with van der Waals surface area (Å²) in [6.07, 6.45) is 3.39. The monoisotopic (exact) mass is 347 g/mol. The van der Waals surface area contributed by atoms with Gasteiger partial charge in [-0.2, -0.15) is 0 Å². The van der Waals surface area contributed by atoms with Crippen LogP contribution in [0.5, 0.6) is 0 Å². The van der Waals surface area contributed by atoms with E-state index in [9.17, 15) is 4.79 Å². The number of benzene rings is 1. The molecule has 1 aromatic carbocycles. The first-order chi connectivity index (χ1) is 12.5. The minimum atomic E-state index is -0.240. The first-order valence-electron chi connectivity index (χ1n) is 8.38. The second-order valence-electron chi connectivity index (χ2n) is 6.26. The van der Waals surface area contributed by atoms with E-state index in [0.717, 1.165) is 28.1 Å². The summed E-state index contributed by atoms with van der Waals surface area (Å²) >= 11 is 0. The number of aryl methyl sites for hydroxylation is 3. The number of anilines is 2. The van der Waals surface area contributed by atoms with Crippen molar-refractivity contribution in [3.8, 4) is 0 Å². The first-order valence-corrected chi connectivity index (χ1v) is 8.38. The van der Waals surface area contributed by atoms with Crippen LogP contribution in [0.3, 0.4) is 0 Å². The fourth-order valence-corrected chi connectivity index (χ4v) is 2.69. The second-order valence-corrected chi connectivity index (χ2v) is 6.26. The molecule has 0 aliphatic heterocycles. The van der Waals surface area contributed by atoms with Gasteiger partial charge in [-0.15, -0.1) is 0 Å². The van der Waals surface area contributed by atoms with E-state index in [4.69, 9.17) is 0 Å². The Labute approximate surface area is 152 Å². The van der Waals surface area contributed by atoms with Crippen LogP contribution >= 0.6 is 0 Å². The van der Waals surface area contributed by atoms with Crippen molar-refractivity contribution in [3.63, 3.8) is 0 Å². The molecule has 0 saturated carbocycles. The molecule has 3 rings (SSSR count). The van der Waals surface area contributed by atoms with Gasteiger partial charge in [0.2, 0.25) is 5.95 Å². The van der Waals surface area contributed by atoms with Crippen LogP contribution in [-0.2, 0) is 6.54 Å². The predicted molar refractivity (Wildman–Crippen MR) is 101 cm³/mol. The number of nitrogens with zero attached hydrogens (tertiary/aromatic N) is 3. The fraction of sp³-hybridized carbons (Fsp3) is 0.200. The van der Waals surface area contributed by atoms with Gasteiger partial charge >= 0.3 is 0 Å². The van der Waals surface area contributed by atoms with Crippen molar-refractivity contribution in [3.05, 3.63) is 76.9 Å². The molecule has 0 radical (unpaired) electrons. The maximum atomic E-state index is 12.4. The van der Waals surface area contributed by atoms with E-state index in [2.05, 4.69) is 31.7 Å². The third kappa shape index (κ3) is 4.63. The van der Waals surface area contributed by atoms with Gasteiger partial charge in [0.1, 0.15) is 5.69 Å². The van der Waals surface area contributed by atoms with E-state index in [1.165, 1.54) is 0 Å². The lowest BCUT2D eigenvalue weighted by Gasteiger charge is -2.10. The summed E-state index contributed by atoms with van der Waals surface area (Å²) in [5, 5.41) is 6.05. The Bertz CT molecular complexity index is 904. The van der Waals surface area contributed by atoms with E-state index in [1.807, 2.05) is 45.0 Å². The van der Waals surface area contributed by atoms with Crippen molar-refractivity contribution in [1.29, 1.82) is 0 Å². The third-order valence-electron chi connectivity index (χ3n) is 3.77. The normalized spacial score (nSPS) is 10.4. The number of rotatable bonds is 5. The predicted octanol–water partition coefficient (Wildman–Crippen LogP) is 3.47. The average Bonchev–Trinajstić information content (AvgIpc) is 2.59. The number of pyridine rings is 1. The number of carbonyl (C=O) groups excluding carboxylic acids is 1. The minimum Gasteiger partial charge on any atom is -0.347 e. The Balaban J connectivity index is 1.75. The highest BCUT2D eigenvalue weighted by molar-refractivity contribution is 5.92. The van der Waals surface area contributed by atoms with Crippen LogP contribution in [0.4, 0.5) is 11.6 Å². The smallest absolute Gasteiger partial charge is 0.270 e. The van der Waals surface area contributed by atoms with Gasteiger partial charge in [0.15, 0.2) is 0 Å². The summed E-state index contributed by atoms with van der Waals surface area (Å²) in [4.78, 5) is 25.1. The highest BCUT2D eigenvalue weighted by Gasteiger charge is 2.11. The standard InChI is InChI=1S/C20H21N5O/c1-13-8-14(2)10-17(9-13)24-20-23-15(3)11-18(25-20)19(26)22-12-16-4-6-21-7-5-16/h4-11H,12H2,1-3H3,(H,22,26)(H,23,24,25). The Kier molecular flexibility index (Phi) is 5.22. The zero-order chi connectivity index (χ0) is 18.5. The van der Waals surface area contributed by atoms with Gasteiger partial charge in [-0.1, -0.05) is 6.07 Å². The first kappa shape index (κ1) is 17.5. The molecule has 0 atom stereocenters. The molecule has 6 nitrogen and oxygen atoms in total. The molecule has 0 saturated heterocycles. The molecular formula is C20H21N5O. The fourth-order valence-electron chi connectivity index (χ4n) is 2.69. The Hall–Kier alpha value is -3.28. The van der Waals surface area contributed by atoms with Crippen molar-refractivity contribution >= 4 is 17.5 Å². The summed E-state index contributed by atoms with van der Waals surface area (Å²) in [5.74, 6) is 0.167. The molecule has 0 fully saturated rings. The van der Waals surface area contributed by atoms with Crippen LogP contribution in [0.1, 0.15) is 32.9 Å². The topological polar surface area (TPSA) is 79.8 Å². The zero-order valence-electron chi connectivity index (χ0n) is 15.1. The van der Waals surface area contributed by atoms with Crippen LogP contribution in [-0.4, -0.2) is 20.9 Å². The maximum Gasteiger partial charge on any atom is 0.270 e. The Morgan fingerprint density at radius 3 is 2.35 bits per heavy atom. The lowest BCUT2D eigenvalue weighted by Crippen LogP contribution is -2.24. The number of hydrogen-bond acceptors (Lipinski definition) is 5. The van der Waals surface area contributed by atoms with Crippen LogP contribution < -0.4 is 10.6 Å². The van der Waals surface area contributed by atoms with Gasteiger partial charge in [0, 0.05) is 30.3 Å². The Morgan fingerprint density at radius 2 is 1.65 bits per heavy atom. The molecule has 0 bridgehead atoms. The number of hydrogen-bond donors (Lipinski definition) is 2. The summed E-state index contributed by atoms with van der Waals surface area (Å²) in [6, 6.07) is 11.5. The van der Waals surface area contributed by atoms with Gasteiger partial charge in [0.25, 0.3) is 5.91 Å². The summed E-state index contributed by atoms with van der Waals surface area (Å²) in [6.45, 7) is 6.33. The molecule has 0 aliphatic rings. The maximum absolute atomic E-state index is 12.4. The number of amides is 1. The lowest BCUT2D eigenvalue weighted by molar-refractivity contribution is 0.0945. The van der Waals surface area contributed by atoms with Crippen molar-refractivity contribution in [2.75, 3.05) is 5.32 Å². The molecule has 0 unspecified atom stereocenters. The molecule has 2 aromatic heterocycles. The molecule has 3 aromatic rings. The molecule has 2 heterocycles. The molecule has 132 valence electrons. The highest BCUT2D eigenvalue weighted by atomic mass is 16.1. The van der Waals surface area contributed by atoms with Gasteiger partial charge < -0.3 is 10.6 Å². The molecule has 26 heavy (non-hydrogen) atoms. The summed E-state index contributed by atoms with van der Waals surface area (Å²) < 4.78 is 0. The summed E-state index contributed by atoms with van der Waals surface area (Å²) in [7, 11) is 0. The third-order valence-corrected chi connectivity index (χ3v) is 3.77. The van der Waals surface area contributed by atoms with E-state index in [-0.39, 0.29) is 5.91 Å². The largest absolute Gasteiger partial charge is 0.347 e. The van der Waals surface area contributed by atoms with E-state index in [1.54, 1.807) is 18.5 Å².